The maximum absolute atomic E-state index is 12.9. The Morgan fingerprint density at radius 1 is 1.31 bits per heavy atom. The second-order valence-electron chi connectivity index (χ2n) is 6.70. The van der Waals surface area contributed by atoms with Gasteiger partial charge in [0.25, 0.3) is 5.56 Å². The van der Waals surface area contributed by atoms with Gasteiger partial charge in [-0.05, 0) is 30.7 Å². The molecule has 0 radical (unpaired) electrons. The van der Waals surface area contributed by atoms with Crippen molar-refractivity contribution in [3.63, 3.8) is 0 Å². The molecule has 1 unspecified atom stereocenters. The monoisotopic (exact) mass is 427 g/mol. The van der Waals surface area contributed by atoms with Crippen molar-refractivity contribution in [1.29, 1.82) is 0 Å². The van der Waals surface area contributed by atoms with Gasteiger partial charge in [0.05, 0.1) is 16.2 Å². The molecule has 1 aromatic heterocycles. The molecule has 0 saturated carbocycles. The lowest BCUT2D eigenvalue weighted by atomic mass is 10.2. The lowest BCUT2D eigenvalue weighted by molar-refractivity contribution is -0.129. The van der Waals surface area contributed by atoms with Crippen LogP contribution in [0.25, 0.3) is 10.9 Å². The van der Waals surface area contributed by atoms with Crippen molar-refractivity contribution in [2.24, 2.45) is 0 Å². The molecule has 1 heterocycles. The summed E-state index contributed by atoms with van der Waals surface area (Å²) in [6.07, 6.45) is 1.64. The van der Waals surface area contributed by atoms with Crippen LogP contribution < -0.4 is 5.56 Å². The fourth-order valence-corrected chi connectivity index (χ4v) is 4.21. The summed E-state index contributed by atoms with van der Waals surface area (Å²) in [5, 5.41) is 1.05. The van der Waals surface area contributed by atoms with Gasteiger partial charge in [0.1, 0.15) is 0 Å². The number of hydrogen-bond donors (Lipinski definition) is 0. The molecule has 0 fully saturated rings. The fourth-order valence-electron chi connectivity index (χ4n) is 3.01. The molecular weight excluding hydrogens is 406 g/mol. The summed E-state index contributed by atoms with van der Waals surface area (Å²) in [4.78, 5) is 32.1. The third kappa shape index (κ3) is 4.89. The van der Waals surface area contributed by atoms with E-state index >= 15 is 0 Å². The summed E-state index contributed by atoms with van der Waals surface area (Å²) in [5.74, 6) is -0.0375. The molecule has 0 aliphatic rings. The average molecular weight is 428 g/mol. The Bertz CT molecular complexity index is 1100. The largest absolute Gasteiger partial charge is 0.340 e. The Labute approximate surface area is 179 Å². The van der Waals surface area contributed by atoms with Gasteiger partial charge < -0.3 is 4.90 Å². The maximum Gasteiger partial charge on any atom is 0.262 e. The highest BCUT2D eigenvalue weighted by atomic mass is 35.5. The molecule has 1 atom stereocenters. The van der Waals surface area contributed by atoms with Crippen LogP contribution in [0.15, 0.2) is 71.1 Å². The molecule has 150 valence electrons. The second kappa shape index (κ2) is 9.29. The van der Waals surface area contributed by atoms with Crippen LogP contribution in [0.3, 0.4) is 0 Å². The molecule has 0 spiro atoms. The van der Waals surface area contributed by atoms with Gasteiger partial charge in [0, 0.05) is 25.2 Å². The zero-order valence-electron chi connectivity index (χ0n) is 16.3. The fraction of sp³-hybridized carbons (Fsp3) is 0.227. The Hall–Kier alpha value is -2.57. The van der Waals surface area contributed by atoms with Crippen LogP contribution in [0.1, 0.15) is 12.5 Å². The lowest BCUT2D eigenvalue weighted by Gasteiger charge is -2.22. The quantitative estimate of drug-likeness (QED) is 0.319. The van der Waals surface area contributed by atoms with Crippen molar-refractivity contribution in [1.82, 2.24) is 14.5 Å². The van der Waals surface area contributed by atoms with E-state index in [2.05, 4.69) is 11.6 Å². The van der Waals surface area contributed by atoms with E-state index in [1.54, 1.807) is 36.2 Å². The number of thioether (sulfide) groups is 1. The van der Waals surface area contributed by atoms with Crippen LogP contribution in [0.5, 0.6) is 0 Å². The van der Waals surface area contributed by atoms with E-state index in [1.165, 1.54) is 16.3 Å². The van der Waals surface area contributed by atoms with E-state index in [1.807, 2.05) is 37.3 Å². The highest BCUT2D eigenvalue weighted by Gasteiger charge is 2.22. The zero-order chi connectivity index (χ0) is 21.0. The smallest absolute Gasteiger partial charge is 0.262 e. The number of halogens is 1. The Balaban J connectivity index is 1.87. The van der Waals surface area contributed by atoms with E-state index in [0.29, 0.717) is 34.2 Å². The highest BCUT2D eigenvalue weighted by molar-refractivity contribution is 8.00. The van der Waals surface area contributed by atoms with E-state index < -0.39 is 5.25 Å². The maximum atomic E-state index is 12.9. The predicted octanol–water partition coefficient (Wildman–Crippen LogP) is 4.38. The molecule has 3 aromatic rings. The number of amides is 1. The summed E-state index contributed by atoms with van der Waals surface area (Å²) >= 11 is 7.33. The number of allylic oxidation sites excluding steroid dienone is 1. The number of carbonyl (C=O) groups excluding carboxylic acids is 1. The van der Waals surface area contributed by atoms with Crippen molar-refractivity contribution in [2.75, 3.05) is 7.05 Å². The number of carbonyl (C=O) groups is 1. The minimum Gasteiger partial charge on any atom is -0.340 e. The topological polar surface area (TPSA) is 55.2 Å². The van der Waals surface area contributed by atoms with Gasteiger partial charge >= 0.3 is 0 Å². The number of hydrogen-bond acceptors (Lipinski definition) is 4. The normalized spacial score (nSPS) is 12.0. The molecule has 29 heavy (non-hydrogen) atoms. The predicted molar refractivity (Wildman–Crippen MR) is 119 cm³/mol. The van der Waals surface area contributed by atoms with Crippen LogP contribution in [-0.4, -0.2) is 32.7 Å². The van der Waals surface area contributed by atoms with Crippen molar-refractivity contribution >= 4 is 40.2 Å². The van der Waals surface area contributed by atoms with Crippen molar-refractivity contribution in [3.8, 4) is 0 Å². The molecule has 1 amide bonds. The Morgan fingerprint density at radius 3 is 2.72 bits per heavy atom. The van der Waals surface area contributed by atoms with Gasteiger partial charge in [-0.25, -0.2) is 4.98 Å². The summed E-state index contributed by atoms with van der Waals surface area (Å²) in [7, 11) is 1.77. The SMILES string of the molecule is C=CCn1c(SC(C)C(=O)N(C)Cc2ccccc2)nc2cc(Cl)ccc2c1=O. The minimum absolute atomic E-state index is 0.0375. The molecule has 0 bridgehead atoms. The first-order chi connectivity index (χ1) is 13.9. The number of fused-ring (bicyclic) bond motifs is 1. The summed E-state index contributed by atoms with van der Waals surface area (Å²) in [6.45, 7) is 6.38. The van der Waals surface area contributed by atoms with E-state index in [9.17, 15) is 9.59 Å². The van der Waals surface area contributed by atoms with Crippen LogP contribution in [-0.2, 0) is 17.9 Å². The van der Waals surface area contributed by atoms with Crippen molar-refractivity contribution in [2.45, 2.75) is 30.4 Å². The van der Waals surface area contributed by atoms with Crippen molar-refractivity contribution in [3.05, 3.63) is 82.1 Å². The summed E-state index contributed by atoms with van der Waals surface area (Å²) < 4.78 is 1.54. The molecule has 2 aromatic carbocycles. The molecule has 3 rings (SSSR count). The molecular formula is C22H22ClN3O2S. The number of benzene rings is 2. The van der Waals surface area contributed by atoms with Gasteiger partial charge in [0.2, 0.25) is 5.91 Å². The molecule has 7 heteroatoms. The highest BCUT2D eigenvalue weighted by Crippen LogP contribution is 2.25. The standard InChI is InChI=1S/C22H22ClN3O2S/c1-4-12-26-21(28)18-11-10-17(23)13-19(18)24-22(26)29-15(2)20(27)25(3)14-16-8-6-5-7-9-16/h4-11,13,15H,1,12,14H2,2-3H3. The van der Waals surface area contributed by atoms with E-state index in [0.717, 1.165) is 5.56 Å². The van der Waals surface area contributed by atoms with Crippen LogP contribution in [0.2, 0.25) is 5.02 Å². The van der Waals surface area contributed by atoms with Gasteiger partial charge in [0.15, 0.2) is 5.16 Å². The summed E-state index contributed by atoms with van der Waals surface area (Å²) in [5.41, 5.74) is 1.40. The number of rotatable bonds is 7. The molecule has 0 aliphatic heterocycles. The average Bonchev–Trinajstić information content (AvgIpc) is 2.70. The molecule has 0 N–H and O–H groups in total. The first-order valence-corrected chi connectivity index (χ1v) is 10.4. The zero-order valence-corrected chi connectivity index (χ0v) is 17.9. The number of nitrogens with zero attached hydrogens (tertiary/aromatic N) is 3. The lowest BCUT2D eigenvalue weighted by Crippen LogP contribution is -2.33. The van der Waals surface area contributed by atoms with Gasteiger partial charge in [-0.2, -0.15) is 0 Å². The van der Waals surface area contributed by atoms with Gasteiger partial charge in [-0.15, -0.1) is 6.58 Å². The molecule has 0 aliphatic carbocycles. The number of aromatic nitrogens is 2. The van der Waals surface area contributed by atoms with Crippen molar-refractivity contribution < 1.29 is 4.79 Å². The van der Waals surface area contributed by atoms with Crippen LogP contribution >= 0.6 is 23.4 Å². The first kappa shape index (κ1) is 21.1. The third-order valence-electron chi connectivity index (χ3n) is 4.46. The Morgan fingerprint density at radius 2 is 2.03 bits per heavy atom. The molecule has 0 saturated heterocycles. The third-order valence-corrected chi connectivity index (χ3v) is 5.78. The Kier molecular flexibility index (Phi) is 6.77. The first-order valence-electron chi connectivity index (χ1n) is 9.17. The minimum atomic E-state index is -0.414. The van der Waals surface area contributed by atoms with Crippen LogP contribution in [0, 0.1) is 0 Å². The second-order valence-corrected chi connectivity index (χ2v) is 8.44. The van der Waals surface area contributed by atoms with Gasteiger partial charge in [-0.3, -0.25) is 14.2 Å². The van der Waals surface area contributed by atoms with E-state index in [-0.39, 0.29) is 11.5 Å². The van der Waals surface area contributed by atoms with E-state index in [4.69, 9.17) is 11.6 Å². The van der Waals surface area contributed by atoms with Gasteiger partial charge in [-0.1, -0.05) is 59.8 Å². The molecule has 5 nitrogen and oxygen atoms in total. The van der Waals surface area contributed by atoms with Crippen LogP contribution in [0.4, 0.5) is 0 Å². The summed E-state index contributed by atoms with van der Waals surface area (Å²) in [6, 6.07) is 14.8.